The van der Waals surface area contributed by atoms with Gasteiger partial charge in [-0.15, -0.1) is 0 Å². The van der Waals surface area contributed by atoms with Gasteiger partial charge in [0.2, 0.25) is 0 Å². The number of hydrogen-bond donors (Lipinski definition) is 2. The molecule has 2 amide bonds. The van der Waals surface area contributed by atoms with Crippen LogP contribution in [-0.2, 0) is 16.1 Å². The Kier molecular flexibility index (Phi) is 8.15. The van der Waals surface area contributed by atoms with Crippen LogP contribution in [0, 0.1) is 13.8 Å². The van der Waals surface area contributed by atoms with Gasteiger partial charge in [0.1, 0.15) is 12.4 Å². The third kappa shape index (κ3) is 6.37. The summed E-state index contributed by atoms with van der Waals surface area (Å²) in [6, 6.07) is 12.9. The molecule has 176 valence electrons. The molecule has 2 aromatic rings. The molecule has 1 unspecified atom stereocenters. The van der Waals surface area contributed by atoms with Crippen molar-refractivity contribution in [3.63, 3.8) is 0 Å². The molecule has 0 spiro atoms. The van der Waals surface area contributed by atoms with Crippen LogP contribution in [0.25, 0.3) is 0 Å². The molecule has 2 aromatic carbocycles. The first-order valence-electron chi connectivity index (χ1n) is 11.6. The average Bonchev–Trinajstić information content (AvgIpc) is 2.77. The summed E-state index contributed by atoms with van der Waals surface area (Å²) >= 11 is 0. The van der Waals surface area contributed by atoms with E-state index < -0.39 is 12.0 Å². The molecule has 3 rings (SSSR count). The van der Waals surface area contributed by atoms with Gasteiger partial charge in [0, 0.05) is 5.70 Å². The lowest BCUT2D eigenvalue weighted by atomic mass is 9.93. The monoisotopic (exact) mass is 450 g/mol. The number of hydrogen-bond acceptors (Lipinski definition) is 4. The molecule has 0 bridgehead atoms. The number of aryl methyl sites for hydroxylation is 2. The van der Waals surface area contributed by atoms with Gasteiger partial charge in [0.25, 0.3) is 0 Å². The molecule has 1 heterocycles. The van der Waals surface area contributed by atoms with E-state index >= 15 is 0 Å². The van der Waals surface area contributed by atoms with E-state index in [-0.39, 0.29) is 12.1 Å². The van der Waals surface area contributed by atoms with Gasteiger partial charge in [0.05, 0.1) is 17.7 Å². The van der Waals surface area contributed by atoms with Crippen molar-refractivity contribution in [2.75, 3.05) is 0 Å². The summed E-state index contributed by atoms with van der Waals surface area (Å²) in [6.07, 6.45) is 2.15. The summed E-state index contributed by atoms with van der Waals surface area (Å²) in [5.74, 6) is 0.253. The lowest BCUT2D eigenvalue weighted by Crippen LogP contribution is -2.46. The second kappa shape index (κ2) is 11.0. The van der Waals surface area contributed by atoms with E-state index in [1.54, 1.807) is 0 Å². The fourth-order valence-electron chi connectivity index (χ4n) is 3.84. The molecule has 1 atom stereocenters. The quantitative estimate of drug-likeness (QED) is 0.485. The summed E-state index contributed by atoms with van der Waals surface area (Å²) < 4.78 is 11.6. The van der Waals surface area contributed by atoms with Gasteiger partial charge in [0.15, 0.2) is 0 Å². The summed E-state index contributed by atoms with van der Waals surface area (Å²) in [7, 11) is 0. The van der Waals surface area contributed by atoms with E-state index in [9.17, 15) is 9.59 Å². The summed E-state index contributed by atoms with van der Waals surface area (Å²) in [6.45, 7) is 10.3. The summed E-state index contributed by atoms with van der Waals surface area (Å²) in [5.41, 5.74) is 5.32. The number of allylic oxidation sites excluding steroid dienone is 1. The Morgan fingerprint density at radius 1 is 1.12 bits per heavy atom. The van der Waals surface area contributed by atoms with E-state index in [1.165, 1.54) is 11.1 Å². The highest BCUT2D eigenvalue weighted by Gasteiger charge is 2.34. The van der Waals surface area contributed by atoms with Crippen molar-refractivity contribution in [1.29, 1.82) is 0 Å². The Balaban J connectivity index is 1.90. The molecule has 0 fully saturated rings. The van der Waals surface area contributed by atoms with Crippen LogP contribution in [-0.4, -0.2) is 18.1 Å². The van der Waals surface area contributed by atoms with Gasteiger partial charge >= 0.3 is 12.0 Å². The molecule has 6 heteroatoms. The Labute approximate surface area is 196 Å². The molecular weight excluding hydrogens is 416 g/mol. The second-order valence-corrected chi connectivity index (χ2v) is 8.77. The van der Waals surface area contributed by atoms with Crippen LogP contribution in [0.2, 0.25) is 0 Å². The smallest absolute Gasteiger partial charge is 0.338 e. The highest BCUT2D eigenvalue weighted by atomic mass is 16.5. The molecular formula is C27H34N2O4. The topological polar surface area (TPSA) is 76.7 Å². The van der Waals surface area contributed by atoms with E-state index in [0.29, 0.717) is 30.0 Å². The van der Waals surface area contributed by atoms with Crippen LogP contribution >= 0.6 is 0 Å². The van der Waals surface area contributed by atoms with Crippen molar-refractivity contribution in [3.05, 3.63) is 76.0 Å². The Hall–Kier alpha value is -3.28. The predicted molar refractivity (Wildman–Crippen MR) is 129 cm³/mol. The number of benzene rings is 2. The Bertz CT molecular complexity index is 1040. The van der Waals surface area contributed by atoms with E-state index in [2.05, 4.69) is 49.6 Å². The fraction of sp³-hybridized carbons (Fsp3) is 0.407. The molecule has 2 N–H and O–H groups in total. The molecule has 0 saturated heterocycles. The number of esters is 1. The number of unbranched alkanes of at least 4 members (excludes halogenated alkanes) is 1. The summed E-state index contributed by atoms with van der Waals surface area (Å²) in [5, 5.41) is 5.72. The molecule has 0 aromatic heterocycles. The first-order chi connectivity index (χ1) is 15.8. The minimum Gasteiger partial charge on any atom is -0.489 e. The van der Waals surface area contributed by atoms with Crippen LogP contribution in [0.15, 0.2) is 53.7 Å². The molecule has 1 aliphatic heterocycles. The van der Waals surface area contributed by atoms with Crippen LogP contribution in [0.4, 0.5) is 4.79 Å². The average molecular weight is 451 g/mol. The number of nitrogens with one attached hydrogen (secondary N) is 2. The van der Waals surface area contributed by atoms with E-state index in [4.69, 9.17) is 9.47 Å². The Morgan fingerprint density at radius 3 is 2.64 bits per heavy atom. The first-order valence-corrected chi connectivity index (χ1v) is 11.6. The van der Waals surface area contributed by atoms with E-state index in [1.807, 2.05) is 38.1 Å². The highest BCUT2D eigenvalue weighted by Crippen LogP contribution is 2.32. The minimum absolute atomic E-state index is 0.261. The SMILES string of the molecule is CCCCC1=C(C(=O)OC(C)C)C(c2cccc(OCc3cc(C)ccc3C)c2)NC(=O)N1. The lowest BCUT2D eigenvalue weighted by molar-refractivity contribution is -0.143. The van der Waals surface area contributed by atoms with Gasteiger partial charge in [-0.3, -0.25) is 0 Å². The number of carbonyl (C=O) groups is 2. The van der Waals surface area contributed by atoms with E-state index in [0.717, 1.165) is 24.0 Å². The molecule has 1 aliphatic rings. The number of carbonyl (C=O) groups excluding carboxylic acids is 2. The predicted octanol–water partition coefficient (Wildman–Crippen LogP) is 5.63. The first kappa shape index (κ1) is 24.4. The number of amides is 2. The number of ether oxygens (including phenoxy) is 2. The molecule has 33 heavy (non-hydrogen) atoms. The maximum atomic E-state index is 13.0. The molecule has 0 radical (unpaired) electrons. The lowest BCUT2D eigenvalue weighted by Gasteiger charge is -2.30. The zero-order chi connectivity index (χ0) is 24.0. The molecule has 0 aliphatic carbocycles. The van der Waals surface area contributed by atoms with Crippen LogP contribution < -0.4 is 15.4 Å². The minimum atomic E-state index is -0.610. The van der Waals surface area contributed by atoms with Crippen molar-refractivity contribution in [1.82, 2.24) is 10.6 Å². The largest absolute Gasteiger partial charge is 0.489 e. The zero-order valence-corrected chi connectivity index (χ0v) is 20.2. The maximum absolute atomic E-state index is 13.0. The van der Waals surface area contributed by atoms with Crippen LogP contribution in [0.5, 0.6) is 5.75 Å². The highest BCUT2D eigenvalue weighted by molar-refractivity contribution is 5.95. The van der Waals surface area contributed by atoms with Crippen molar-refractivity contribution >= 4 is 12.0 Å². The molecule has 6 nitrogen and oxygen atoms in total. The third-order valence-corrected chi connectivity index (χ3v) is 5.59. The normalized spacial score (nSPS) is 15.8. The number of urea groups is 1. The zero-order valence-electron chi connectivity index (χ0n) is 20.2. The van der Waals surface area contributed by atoms with Crippen molar-refractivity contribution < 1.29 is 19.1 Å². The number of rotatable bonds is 9. The maximum Gasteiger partial charge on any atom is 0.338 e. The second-order valence-electron chi connectivity index (χ2n) is 8.77. The van der Waals surface area contributed by atoms with Gasteiger partial charge in [-0.25, -0.2) is 9.59 Å². The van der Waals surface area contributed by atoms with Gasteiger partial charge in [-0.05, 0) is 69.4 Å². The fourth-order valence-corrected chi connectivity index (χ4v) is 3.84. The molecule has 0 saturated carbocycles. The van der Waals surface area contributed by atoms with Gasteiger partial charge in [-0.2, -0.15) is 0 Å². The van der Waals surface area contributed by atoms with Crippen LogP contribution in [0.3, 0.4) is 0 Å². The van der Waals surface area contributed by atoms with Gasteiger partial charge < -0.3 is 20.1 Å². The summed E-state index contributed by atoms with van der Waals surface area (Å²) in [4.78, 5) is 25.5. The van der Waals surface area contributed by atoms with Crippen molar-refractivity contribution in [3.8, 4) is 5.75 Å². The standard InChI is InChI=1S/C27H34N2O4/c1-6-7-11-23-24(26(30)33-17(2)3)25(29-27(31)28-23)20-9-8-10-22(15-20)32-16-21-14-18(4)12-13-19(21)5/h8-10,12-15,17,25H,6-7,11,16H2,1-5H3,(H2,28,29,31). The van der Waals surface area contributed by atoms with Crippen LogP contribution in [0.1, 0.15) is 68.3 Å². The Morgan fingerprint density at radius 2 is 1.91 bits per heavy atom. The van der Waals surface area contributed by atoms with Crippen molar-refractivity contribution in [2.24, 2.45) is 0 Å². The van der Waals surface area contributed by atoms with Gasteiger partial charge in [-0.1, -0.05) is 49.2 Å². The third-order valence-electron chi connectivity index (χ3n) is 5.59. The van der Waals surface area contributed by atoms with Crippen molar-refractivity contribution in [2.45, 2.75) is 72.6 Å².